The van der Waals surface area contributed by atoms with Gasteiger partial charge in [-0.05, 0) is 38.8 Å². The minimum absolute atomic E-state index is 0.317. The summed E-state index contributed by atoms with van der Waals surface area (Å²) in [7, 11) is 0. The van der Waals surface area contributed by atoms with Gasteiger partial charge in [-0.15, -0.1) is 0 Å². The SMILES string of the molecule is CCOc1ccccc1OCCOC1CCC(C)NC1. The first kappa shape index (κ1) is 15.1. The predicted molar refractivity (Wildman–Crippen MR) is 79.5 cm³/mol. The molecule has 2 rings (SSSR count). The smallest absolute Gasteiger partial charge is 0.161 e. The topological polar surface area (TPSA) is 39.7 Å². The lowest BCUT2D eigenvalue weighted by molar-refractivity contribution is 0.0149. The number of hydrogen-bond acceptors (Lipinski definition) is 4. The highest BCUT2D eigenvalue weighted by Gasteiger charge is 2.17. The number of ether oxygens (including phenoxy) is 3. The Morgan fingerprint density at radius 2 is 1.85 bits per heavy atom. The lowest BCUT2D eigenvalue weighted by atomic mass is 10.0. The Labute approximate surface area is 121 Å². The Morgan fingerprint density at radius 1 is 1.10 bits per heavy atom. The lowest BCUT2D eigenvalue weighted by Gasteiger charge is -2.27. The standard InChI is InChI=1S/C16H25NO3/c1-3-18-15-6-4-5-7-16(15)20-11-10-19-14-9-8-13(2)17-12-14/h4-7,13-14,17H,3,8-12H2,1-2H3. The van der Waals surface area contributed by atoms with E-state index in [2.05, 4.69) is 12.2 Å². The Morgan fingerprint density at radius 3 is 2.50 bits per heavy atom. The van der Waals surface area contributed by atoms with E-state index in [0.29, 0.717) is 32.0 Å². The first-order valence-corrected chi connectivity index (χ1v) is 7.49. The maximum absolute atomic E-state index is 5.82. The molecule has 0 saturated carbocycles. The molecular formula is C16H25NO3. The monoisotopic (exact) mass is 279 g/mol. The lowest BCUT2D eigenvalue weighted by Crippen LogP contribution is -2.41. The molecule has 1 aromatic carbocycles. The van der Waals surface area contributed by atoms with Crippen molar-refractivity contribution in [3.63, 3.8) is 0 Å². The molecular weight excluding hydrogens is 254 g/mol. The average Bonchev–Trinajstić information content (AvgIpc) is 2.47. The third-order valence-corrected chi connectivity index (χ3v) is 3.46. The van der Waals surface area contributed by atoms with Gasteiger partial charge in [0.1, 0.15) is 6.61 Å². The van der Waals surface area contributed by atoms with Gasteiger partial charge < -0.3 is 19.5 Å². The van der Waals surface area contributed by atoms with Crippen LogP contribution in [0.15, 0.2) is 24.3 Å². The average molecular weight is 279 g/mol. The molecule has 0 bridgehead atoms. The molecule has 1 N–H and O–H groups in total. The van der Waals surface area contributed by atoms with Crippen LogP contribution in [0.25, 0.3) is 0 Å². The molecule has 1 aromatic rings. The molecule has 0 radical (unpaired) electrons. The zero-order valence-corrected chi connectivity index (χ0v) is 12.4. The predicted octanol–water partition coefficient (Wildman–Crippen LogP) is 2.62. The summed E-state index contributed by atoms with van der Waals surface area (Å²) in [5.41, 5.74) is 0. The van der Waals surface area contributed by atoms with Crippen LogP contribution in [0.1, 0.15) is 26.7 Å². The fourth-order valence-corrected chi connectivity index (χ4v) is 2.33. The second kappa shape index (κ2) is 8.12. The normalized spacial score (nSPS) is 22.5. The molecule has 1 saturated heterocycles. The summed E-state index contributed by atoms with van der Waals surface area (Å²) in [5, 5.41) is 3.43. The summed E-state index contributed by atoms with van der Waals surface area (Å²) in [4.78, 5) is 0. The van der Waals surface area contributed by atoms with E-state index in [1.807, 2.05) is 31.2 Å². The van der Waals surface area contributed by atoms with E-state index in [1.54, 1.807) is 0 Å². The van der Waals surface area contributed by atoms with E-state index in [1.165, 1.54) is 6.42 Å². The summed E-state index contributed by atoms with van der Waals surface area (Å²) < 4.78 is 17.1. The highest BCUT2D eigenvalue weighted by molar-refractivity contribution is 5.39. The van der Waals surface area contributed by atoms with Crippen LogP contribution >= 0.6 is 0 Å². The van der Waals surface area contributed by atoms with Crippen molar-refractivity contribution >= 4 is 0 Å². The molecule has 2 unspecified atom stereocenters. The van der Waals surface area contributed by atoms with Gasteiger partial charge in [0.15, 0.2) is 11.5 Å². The number of benzene rings is 1. The molecule has 0 aromatic heterocycles. The molecule has 1 heterocycles. The van der Waals surface area contributed by atoms with Gasteiger partial charge in [-0.3, -0.25) is 0 Å². The van der Waals surface area contributed by atoms with Gasteiger partial charge in [-0.1, -0.05) is 12.1 Å². The van der Waals surface area contributed by atoms with Crippen molar-refractivity contribution in [2.24, 2.45) is 0 Å². The fraction of sp³-hybridized carbons (Fsp3) is 0.625. The largest absolute Gasteiger partial charge is 0.490 e. The second-order valence-electron chi connectivity index (χ2n) is 5.11. The molecule has 20 heavy (non-hydrogen) atoms. The summed E-state index contributed by atoms with van der Waals surface area (Å²) in [6.45, 7) is 6.93. The Kier molecular flexibility index (Phi) is 6.15. The molecule has 0 aliphatic carbocycles. The van der Waals surface area contributed by atoms with E-state index in [-0.39, 0.29) is 0 Å². The van der Waals surface area contributed by atoms with Crippen molar-refractivity contribution in [2.75, 3.05) is 26.4 Å². The first-order valence-electron chi connectivity index (χ1n) is 7.49. The Balaban J connectivity index is 1.68. The van der Waals surface area contributed by atoms with Crippen molar-refractivity contribution in [3.05, 3.63) is 24.3 Å². The molecule has 0 spiro atoms. The van der Waals surface area contributed by atoms with Crippen molar-refractivity contribution in [2.45, 2.75) is 38.8 Å². The number of hydrogen-bond donors (Lipinski definition) is 1. The van der Waals surface area contributed by atoms with Crippen LogP contribution in [0, 0.1) is 0 Å². The van der Waals surface area contributed by atoms with Crippen molar-refractivity contribution in [1.82, 2.24) is 5.32 Å². The van der Waals surface area contributed by atoms with Crippen LogP contribution in [-0.4, -0.2) is 38.5 Å². The number of nitrogens with one attached hydrogen (secondary N) is 1. The van der Waals surface area contributed by atoms with Crippen molar-refractivity contribution in [1.29, 1.82) is 0 Å². The van der Waals surface area contributed by atoms with E-state index in [9.17, 15) is 0 Å². The van der Waals surface area contributed by atoms with Crippen LogP contribution in [0.5, 0.6) is 11.5 Å². The highest BCUT2D eigenvalue weighted by atomic mass is 16.5. The molecule has 4 nitrogen and oxygen atoms in total. The molecule has 1 fully saturated rings. The molecule has 0 amide bonds. The molecule has 1 aliphatic rings. The molecule has 112 valence electrons. The van der Waals surface area contributed by atoms with Gasteiger partial charge >= 0.3 is 0 Å². The van der Waals surface area contributed by atoms with Gasteiger partial charge in [-0.25, -0.2) is 0 Å². The van der Waals surface area contributed by atoms with Gasteiger partial charge in [0.2, 0.25) is 0 Å². The Hall–Kier alpha value is -1.26. The molecule has 1 aliphatic heterocycles. The maximum Gasteiger partial charge on any atom is 0.161 e. The van der Waals surface area contributed by atoms with E-state index < -0.39 is 0 Å². The maximum atomic E-state index is 5.82. The van der Waals surface area contributed by atoms with E-state index in [4.69, 9.17) is 14.2 Å². The van der Waals surface area contributed by atoms with Gasteiger partial charge in [0.25, 0.3) is 0 Å². The summed E-state index contributed by atoms with van der Waals surface area (Å²) >= 11 is 0. The highest BCUT2D eigenvalue weighted by Crippen LogP contribution is 2.26. The zero-order chi connectivity index (χ0) is 14.2. The zero-order valence-electron chi connectivity index (χ0n) is 12.4. The second-order valence-corrected chi connectivity index (χ2v) is 5.11. The molecule has 4 heteroatoms. The summed E-state index contributed by atoms with van der Waals surface area (Å²) in [6.07, 6.45) is 2.62. The van der Waals surface area contributed by atoms with Crippen molar-refractivity contribution < 1.29 is 14.2 Å². The quantitative estimate of drug-likeness (QED) is 0.779. The van der Waals surface area contributed by atoms with Gasteiger partial charge in [0, 0.05) is 12.6 Å². The van der Waals surface area contributed by atoms with E-state index >= 15 is 0 Å². The minimum atomic E-state index is 0.317. The third-order valence-electron chi connectivity index (χ3n) is 3.46. The van der Waals surface area contributed by atoms with Gasteiger partial charge in [-0.2, -0.15) is 0 Å². The summed E-state index contributed by atoms with van der Waals surface area (Å²) in [6, 6.07) is 8.36. The minimum Gasteiger partial charge on any atom is -0.490 e. The third kappa shape index (κ3) is 4.69. The van der Waals surface area contributed by atoms with E-state index in [0.717, 1.165) is 24.5 Å². The number of para-hydroxylation sites is 2. The number of rotatable bonds is 7. The number of piperidine rings is 1. The van der Waals surface area contributed by atoms with Crippen LogP contribution in [0.2, 0.25) is 0 Å². The Bertz CT molecular complexity index is 389. The first-order chi connectivity index (χ1) is 9.79. The van der Waals surface area contributed by atoms with Crippen LogP contribution in [-0.2, 0) is 4.74 Å². The van der Waals surface area contributed by atoms with Crippen LogP contribution in [0.4, 0.5) is 0 Å². The van der Waals surface area contributed by atoms with Gasteiger partial charge in [0.05, 0.1) is 19.3 Å². The molecule has 2 atom stereocenters. The van der Waals surface area contributed by atoms with Crippen LogP contribution < -0.4 is 14.8 Å². The van der Waals surface area contributed by atoms with Crippen molar-refractivity contribution in [3.8, 4) is 11.5 Å². The summed E-state index contributed by atoms with van der Waals surface area (Å²) in [5.74, 6) is 1.58. The fourth-order valence-electron chi connectivity index (χ4n) is 2.33. The van der Waals surface area contributed by atoms with Crippen LogP contribution in [0.3, 0.4) is 0 Å².